The maximum Gasteiger partial charge on any atom is 0.188 e. The molecule has 0 fully saturated rings. The number of carbonyl (C=O) groups excluding carboxylic acids is 1. The molecule has 0 atom stereocenters. The number of Topliss-reactive ketones (excluding diaryl/α,β-unsaturated/α-hetero) is 1. The highest BCUT2D eigenvalue weighted by Crippen LogP contribution is 2.30. The Kier molecular flexibility index (Phi) is 6.23. The molecule has 1 aromatic heterocycles. The van der Waals surface area contributed by atoms with Crippen molar-refractivity contribution < 1.29 is 4.79 Å². The predicted molar refractivity (Wildman–Crippen MR) is 121 cm³/mol. The molecule has 0 saturated heterocycles. The van der Waals surface area contributed by atoms with Crippen molar-refractivity contribution >= 4 is 40.0 Å². The van der Waals surface area contributed by atoms with Gasteiger partial charge in [0.2, 0.25) is 0 Å². The van der Waals surface area contributed by atoms with Gasteiger partial charge in [0.15, 0.2) is 10.9 Å². The van der Waals surface area contributed by atoms with Crippen LogP contribution in [-0.2, 0) is 0 Å². The Balaban J connectivity index is 1.51. The number of ketones is 1. The Morgan fingerprint density at radius 3 is 2.38 bits per heavy atom. The predicted octanol–water partition coefficient (Wildman–Crippen LogP) is 6.71. The first-order valence-electron chi connectivity index (χ1n) is 9.44. The summed E-state index contributed by atoms with van der Waals surface area (Å²) in [6, 6.07) is 25.2. The molecule has 4 aromatic rings. The summed E-state index contributed by atoms with van der Waals surface area (Å²) in [5.41, 5.74) is 3.54. The number of nitrogens with zero attached hydrogens (tertiary/aromatic N) is 2. The van der Waals surface area contributed by atoms with Gasteiger partial charge in [0.25, 0.3) is 0 Å². The van der Waals surface area contributed by atoms with E-state index in [0.29, 0.717) is 16.6 Å². The van der Waals surface area contributed by atoms with Gasteiger partial charge < -0.3 is 0 Å². The molecule has 3 nitrogen and oxygen atoms in total. The van der Waals surface area contributed by atoms with Crippen LogP contribution >= 0.6 is 23.4 Å². The monoisotopic (exact) mass is 418 g/mol. The van der Waals surface area contributed by atoms with Gasteiger partial charge in [-0.05, 0) is 24.6 Å². The molecule has 4 rings (SSSR count). The lowest BCUT2D eigenvalue weighted by molar-refractivity contribution is 0.0982. The van der Waals surface area contributed by atoms with Crippen molar-refractivity contribution in [1.29, 1.82) is 0 Å². The van der Waals surface area contributed by atoms with E-state index in [4.69, 9.17) is 16.6 Å². The standard InChI is InChI=1S/C24H19ClN2OS/c25-19-13-14-21-20(16-19)23(18-10-5-2-6-11-18)27-24(26-21)29-15-7-12-22(28)17-8-3-1-4-9-17/h1-6,8-11,13-14,16H,7,12,15H2. The quantitative estimate of drug-likeness (QED) is 0.145. The third kappa shape index (κ3) is 4.84. The number of halogens is 1. The first-order valence-corrected chi connectivity index (χ1v) is 10.8. The van der Waals surface area contributed by atoms with Gasteiger partial charge in [-0.15, -0.1) is 0 Å². The van der Waals surface area contributed by atoms with E-state index in [9.17, 15) is 4.79 Å². The summed E-state index contributed by atoms with van der Waals surface area (Å²) >= 11 is 7.79. The van der Waals surface area contributed by atoms with Gasteiger partial charge in [0.1, 0.15) is 0 Å². The highest BCUT2D eigenvalue weighted by atomic mass is 35.5. The largest absolute Gasteiger partial charge is 0.294 e. The van der Waals surface area contributed by atoms with Gasteiger partial charge in [-0.25, -0.2) is 9.97 Å². The highest BCUT2D eigenvalue weighted by molar-refractivity contribution is 7.99. The van der Waals surface area contributed by atoms with Crippen LogP contribution in [0.2, 0.25) is 5.02 Å². The SMILES string of the molecule is O=C(CCCSc1nc(-c2ccccc2)c2cc(Cl)ccc2n1)c1ccccc1. The average molecular weight is 419 g/mol. The number of carbonyl (C=O) groups is 1. The summed E-state index contributed by atoms with van der Waals surface area (Å²) in [4.78, 5) is 21.7. The fraction of sp³-hybridized carbons (Fsp3) is 0.125. The zero-order chi connectivity index (χ0) is 20.1. The average Bonchev–Trinajstić information content (AvgIpc) is 2.77. The molecule has 0 aliphatic heterocycles. The van der Waals surface area contributed by atoms with Crippen molar-refractivity contribution in [2.45, 2.75) is 18.0 Å². The summed E-state index contributed by atoms with van der Waals surface area (Å²) in [6.07, 6.45) is 1.30. The van der Waals surface area contributed by atoms with Gasteiger partial charge in [-0.3, -0.25) is 4.79 Å². The van der Waals surface area contributed by atoms with Gasteiger partial charge >= 0.3 is 0 Å². The maximum absolute atomic E-state index is 12.2. The number of rotatable bonds is 7. The summed E-state index contributed by atoms with van der Waals surface area (Å²) in [7, 11) is 0. The molecule has 0 aliphatic carbocycles. The lowest BCUT2D eigenvalue weighted by atomic mass is 10.1. The van der Waals surface area contributed by atoms with Crippen molar-refractivity contribution in [3.05, 3.63) is 89.4 Å². The van der Waals surface area contributed by atoms with E-state index in [-0.39, 0.29) is 5.78 Å². The molecular weight excluding hydrogens is 400 g/mol. The van der Waals surface area contributed by atoms with Crippen LogP contribution in [0.5, 0.6) is 0 Å². The molecule has 5 heteroatoms. The second-order valence-corrected chi connectivity index (χ2v) is 8.12. The Labute approximate surface area is 179 Å². The lowest BCUT2D eigenvalue weighted by Crippen LogP contribution is -2.00. The molecule has 3 aromatic carbocycles. The summed E-state index contributed by atoms with van der Waals surface area (Å²) < 4.78 is 0. The molecule has 0 unspecified atom stereocenters. The van der Waals surface area contributed by atoms with E-state index < -0.39 is 0 Å². The summed E-state index contributed by atoms with van der Waals surface area (Å²) in [6.45, 7) is 0. The molecule has 0 radical (unpaired) electrons. The Morgan fingerprint density at radius 1 is 0.897 bits per heavy atom. The number of hydrogen-bond acceptors (Lipinski definition) is 4. The van der Waals surface area contributed by atoms with Crippen LogP contribution in [0.25, 0.3) is 22.2 Å². The second kappa shape index (κ2) is 9.21. The van der Waals surface area contributed by atoms with Gasteiger partial charge in [0.05, 0.1) is 11.2 Å². The first kappa shape index (κ1) is 19.6. The van der Waals surface area contributed by atoms with Crippen molar-refractivity contribution in [2.24, 2.45) is 0 Å². The zero-order valence-electron chi connectivity index (χ0n) is 15.7. The zero-order valence-corrected chi connectivity index (χ0v) is 17.3. The highest BCUT2D eigenvalue weighted by Gasteiger charge is 2.11. The number of benzene rings is 3. The molecule has 0 amide bonds. The fourth-order valence-electron chi connectivity index (χ4n) is 3.12. The first-order chi connectivity index (χ1) is 14.2. The summed E-state index contributed by atoms with van der Waals surface area (Å²) in [5.74, 6) is 0.955. The van der Waals surface area contributed by atoms with Crippen LogP contribution in [0.15, 0.2) is 84.0 Å². The Bertz CT molecular complexity index is 1130. The third-order valence-corrected chi connectivity index (χ3v) is 5.73. The van der Waals surface area contributed by atoms with Crippen molar-refractivity contribution in [3.63, 3.8) is 0 Å². The number of thioether (sulfide) groups is 1. The van der Waals surface area contributed by atoms with Gasteiger partial charge in [-0.1, -0.05) is 84.0 Å². The van der Waals surface area contributed by atoms with E-state index >= 15 is 0 Å². The van der Waals surface area contributed by atoms with Crippen LogP contribution in [-0.4, -0.2) is 21.5 Å². The van der Waals surface area contributed by atoms with Crippen molar-refractivity contribution in [2.75, 3.05) is 5.75 Å². The van der Waals surface area contributed by atoms with E-state index in [2.05, 4.69) is 4.98 Å². The molecule has 0 spiro atoms. The Hall–Kier alpha value is -2.69. The maximum atomic E-state index is 12.2. The minimum absolute atomic E-state index is 0.172. The van der Waals surface area contributed by atoms with E-state index in [0.717, 1.165) is 39.9 Å². The van der Waals surface area contributed by atoms with Crippen molar-refractivity contribution in [1.82, 2.24) is 9.97 Å². The van der Waals surface area contributed by atoms with Crippen LogP contribution in [0, 0.1) is 0 Å². The minimum Gasteiger partial charge on any atom is -0.294 e. The van der Waals surface area contributed by atoms with Crippen LogP contribution < -0.4 is 0 Å². The molecule has 144 valence electrons. The van der Waals surface area contributed by atoms with Crippen LogP contribution in [0.1, 0.15) is 23.2 Å². The fourth-order valence-corrected chi connectivity index (χ4v) is 4.09. The van der Waals surface area contributed by atoms with Crippen LogP contribution in [0.4, 0.5) is 0 Å². The number of aromatic nitrogens is 2. The molecule has 0 saturated carbocycles. The molecule has 29 heavy (non-hydrogen) atoms. The smallest absolute Gasteiger partial charge is 0.188 e. The Morgan fingerprint density at radius 2 is 1.62 bits per heavy atom. The normalized spacial score (nSPS) is 10.9. The third-order valence-electron chi connectivity index (χ3n) is 4.56. The van der Waals surface area contributed by atoms with Crippen molar-refractivity contribution in [3.8, 4) is 11.3 Å². The molecule has 0 bridgehead atoms. The topological polar surface area (TPSA) is 42.9 Å². The summed E-state index contributed by atoms with van der Waals surface area (Å²) in [5, 5.41) is 2.32. The molecule has 0 N–H and O–H groups in total. The minimum atomic E-state index is 0.172. The van der Waals surface area contributed by atoms with E-state index in [1.165, 1.54) is 0 Å². The van der Waals surface area contributed by atoms with Gasteiger partial charge in [0, 0.05) is 33.7 Å². The van der Waals surface area contributed by atoms with Crippen LogP contribution in [0.3, 0.4) is 0 Å². The van der Waals surface area contributed by atoms with Gasteiger partial charge in [-0.2, -0.15) is 0 Å². The lowest BCUT2D eigenvalue weighted by Gasteiger charge is -2.09. The number of fused-ring (bicyclic) bond motifs is 1. The van der Waals surface area contributed by atoms with E-state index in [1.807, 2.05) is 78.9 Å². The molecular formula is C24H19ClN2OS. The van der Waals surface area contributed by atoms with E-state index in [1.54, 1.807) is 11.8 Å². The number of hydrogen-bond donors (Lipinski definition) is 0. The molecule has 1 heterocycles. The second-order valence-electron chi connectivity index (χ2n) is 6.62. The molecule has 0 aliphatic rings.